The van der Waals surface area contributed by atoms with Crippen LogP contribution in [0.15, 0.2) is 18.2 Å². The molecule has 4 heteroatoms. The van der Waals surface area contributed by atoms with Crippen LogP contribution in [0.5, 0.6) is 0 Å². The molecule has 1 amide bonds. The maximum atomic E-state index is 12.5. The zero-order valence-electron chi connectivity index (χ0n) is 11.4. The molecule has 1 saturated carbocycles. The second-order valence-corrected chi connectivity index (χ2v) is 5.60. The molecule has 2 atom stereocenters. The molecule has 2 heterocycles. The first-order valence-corrected chi connectivity index (χ1v) is 7.28. The number of aromatic nitrogens is 1. The van der Waals surface area contributed by atoms with E-state index < -0.39 is 0 Å². The number of carbonyl (C=O) groups is 1. The number of hydrogen-bond donors (Lipinski definition) is 1. The van der Waals surface area contributed by atoms with Gasteiger partial charge in [0.2, 0.25) is 0 Å². The molecule has 2 unspecified atom stereocenters. The third kappa shape index (κ3) is 2.44. The molecule has 4 nitrogen and oxygen atoms in total. The number of nitrogens with zero attached hydrogens (tertiary/aromatic N) is 2. The highest BCUT2D eigenvalue weighted by Crippen LogP contribution is 2.38. The number of amides is 1. The number of carbonyl (C=O) groups excluding carboxylic acids is 1. The normalized spacial score (nSPS) is 25.4. The van der Waals surface area contributed by atoms with Crippen LogP contribution in [-0.4, -0.2) is 35.4 Å². The first-order chi connectivity index (χ1) is 9.28. The fourth-order valence-electron chi connectivity index (χ4n) is 3.40. The van der Waals surface area contributed by atoms with Crippen molar-refractivity contribution in [3.63, 3.8) is 0 Å². The van der Waals surface area contributed by atoms with Gasteiger partial charge in [-0.05, 0) is 43.7 Å². The molecule has 2 aliphatic rings. The molecular formula is C15H21N3O. The number of anilines is 1. The van der Waals surface area contributed by atoms with Gasteiger partial charge in [-0.2, -0.15) is 0 Å². The zero-order valence-corrected chi connectivity index (χ0v) is 11.4. The summed E-state index contributed by atoms with van der Waals surface area (Å²) >= 11 is 0. The van der Waals surface area contributed by atoms with Crippen LogP contribution in [0.3, 0.4) is 0 Å². The molecule has 0 bridgehead atoms. The Morgan fingerprint density at radius 3 is 2.79 bits per heavy atom. The Labute approximate surface area is 114 Å². The highest BCUT2D eigenvalue weighted by Gasteiger charge is 2.38. The lowest BCUT2D eigenvalue weighted by Crippen LogP contribution is -2.30. The standard InChI is InChI=1S/C15H21N3O/c1-2-16-14-8-4-7-13(17-14)15(19)18-9-11-5-3-6-12(11)10-18/h4,7-8,11-12H,2-3,5-6,9-10H2,1H3,(H,16,17). The van der Waals surface area contributed by atoms with Crippen LogP contribution >= 0.6 is 0 Å². The molecule has 1 saturated heterocycles. The molecule has 1 aliphatic carbocycles. The minimum atomic E-state index is 0.0918. The van der Waals surface area contributed by atoms with E-state index in [1.807, 2.05) is 30.0 Å². The van der Waals surface area contributed by atoms with Crippen molar-refractivity contribution in [3.8, 4) is 0 Å². The topological polar surface area (TPSA) is 45.2 Å². The number of rotatable bonds is 3. The van der Waals surface area contributed by atoms with Gasteiger partial charge < -0.3 is 10.2 Å². The van der Waals surface area contributed by atoms with Crippen molar-refractivity contribution >= 4 is 11.7 Å². The maximum absolute atomic E-state index is 12.5. The lowest BCUT2D eigenvalue weighted by atomic mass is 10.0. The molecule has 1 aromatic heterocycles. The minimum absolute atomic E-state index is 0.0918. The second-order valence-electron chi connectivity index (χ2n) is 5.60. The quantitative estimate of drug-likeness (QED) is 0.906. The van der Waals surface area contributed by atoms with Crippen molar-refractivity contribution in [2.45, 2.75) is 26.2 Å². The molecule has 1 N–H and O–H groups in total. The zero-order chi connectivity index (χ0) is 13.2. The lowest BCUT2D eigenvalue weighted by molar-refractivity contribution is 0.0775. The summed E-state index contributed by atoms with van der Waals surface area (Å²) in [5.74, 6) is 2.35. The highest BCUT2D eigenvalue weighted by atomic mass is 16.2. The number of nitrogens with one attached hydrogen (secondary N) is 1. The van der Waals surface area contributed by atoms with E-state index in [1.54, 1.807) is 0 Å². The number of hydrogen-bond acceptors (Lipinski definition) is 3. The average Bonchev–Trinajstić information content (AvgIpc) is 2.99. The van der Waals surface area contributed by atoms with Gasteiger partial charge in [-0.15, -0.1) is 0 Å². The molecule has 102 valence electrons. The van der Waals surface area contributed by atoms with Gasteiger partial charge in [-0.3, -0.25) is 4.79 Å². The molecule has 1 aromatic rings. The van der Waals surface area contributed by atoms with Crippen LogP contribution in [0.25, 0.3) is 0 Å². The smallest absolute Gasteiger partial charge is 0.272 e. The van der Waals surface area contributed by atoms with Crippen LogP contribution < -0.4 is 5.32 Å². The summed E-state index contributed by atoms with van der Waals surface area (Å²) in [5, 5.41) is 3.15. The van der Waals surface area contributed by atoms with Crippen molar-refractivity contribution in [2.24, 2.45) is 11.8 Å². The van der Waals surface area contributed by atoms with Crippen molar-refractivity contribution in [2.75, 3.05) is 25.0 Å². The van der Waals surface area contributed by atoms with E-state index in [2.05, 4.69) is 10.3 Å². The van der Waals surface area contributed by atoms with Gasteiger partial charge in [0, 0.05) is 19.6 Å². The minimum Gasteiger partial charge on any atom is -0.370 e. The molecule has 1 aliphatic heterocycles. The molecular weight excluding hydrogens is 238 g/mol. The van der Waals surface area contributed by atoms with E-state index in [0.29, 0.717) is 5.69 Å². The van der Waals surface area contributed by atoms with Crippen LogP contribution in [0.2, 0.25) is 0 Å². The van der Waals surface area contributed by atoms with E-state index in [0.717, 1.165) is 37.3 Å². The molecule has 0 radical (unpaired) electrons. The summed E-state index contributed by atoms with van der Waals surface area (Å²) < 4.78 is 0. The Morgan fingerprint density at radius 2 is 2.11 bits per heavy atom. The second kappa shape index (κ2) is 5.19. The van der Waals surface area contributed by atoms with Gasteiger partial charge in [0.25, 0.3) is 5.91 Å². The van der Waals surface area contributed by atoms with Crippen LogP contribution in [-0.2, 0) is 0 Å². The molecule has 0 aromatic carbocycles. The first kappa shape index (κ1) is 12.5. The van der Waals surface area contributed by atoms with E-state index in [4.69, 9.17) is 0 Å². The van der Waals surface area contributed by atoms with Gasteiger partial charge in [-0.25, -0.2) is 4.98 Å². The van der Waals surface area contributed by atoms with E-state index in [1.165, 1.54) is 19.3 Å². The summed E-state index contributed by atoms with van der Waals surface area (Å²) in [6, 6.07) is 5.62. The van der Waals surface area contributed by atoms with Gasteiger partial charge in [-0.1, -0.05) is 12.5 Å². The summed E-state index contributed by atoms with van der Waals surface area (Å²) in [5.41, 5.74) is 0.568. The van der Waals surface area contributed by atoms with Gasteiger partial charge >= 0.3 is 0 Å². The number of likely N-dealkylation sites (tertiary alicyclic amines) is 1. The Kier molecular flexibility index (Phi) is 3.40. The van der Waals surface area contributed by atoms with E-state index >= 15 is 0 Å². The van der Waals surface area contributed by atoms with Crippen molar-refractivity contribution < 1.29 is 4.79 Å². The Balaban J connectivity index is 1.72. The fourth-order valence-corrected chi connectivity index (χ4v) is 3.40. The Morgan fingerprint density at radius 1 is 1.37 bits per heavy atom. The van der Waals surface area contributed by atoms with E-state index in [-0.39, 0.29) is 5.91 Å². The van der Waals surface area contributed by atoms with Crippen LogP contribution in [0, 0.1) is 11.8 Å². The first-order valence-electron chi connectivity index (χ1n) is 7.28. The molecule has 3 rings (SSSR count). The fraction of sp³-hybridized carbons (Fsp3) is 0.600. The van der Waals surface area contributed by atoms with Crippen LogP contribution in [0.4, 0.5) is 5.82 Å². The Hall–Kier alpha value is -1.58. The Bertz CT molecular complexity index is 462. The SMILES string of the molecule is CCNc1cccc(C(=O)N2CC3CCCC3C2)n1. The van der Waals surface area contributed by atoms with Crippen molar-refractivity contribution in [1.82, 2.24) is 9.88 Å². The lowest BCUT2D eigenvalue weighted by Gasteiger charge is -2.17. The number of fused-ring (bicyclic) bond motifs is 1. The maximum Gasteiger partial charge on any atom is 0.272 e. The predicted octanol–water partition coefficient (Wildman–Crippen LogP) is 2.39. The molecule has 2 fully saturated rings. The van der Waals surface area contributed by atoms with Gasteiger partial charge in [0.1, 0.15) is 11.5 Å². The summed E-state index contributed by atoms with van der Waals surface area (Å²) in [6.07, 6.45) is 3.92. The van der Waals surface area contributed by atoms with Crippen molar-refractivity contribution in [3.05, 3.63) is 23.9 Å². The highest BCUT2D eigenvalue weighted by molar-refractivity contribution is 5.92. The summed E-state index contributed by atoms with van der Waals surface area (Å²) in [6.45, 7) is 4.70. The third-order valence-electron chi connectivity index (χ3n) is 4.34. The van der Waals surface area contributed by atoms with Crippen LogP contribution in [0.1, 0.15) is 36.7 Å². The van der Waals surface area contributed by atoms with Crippen molar-refractivity contribution in [1.29, 1.82) is 0 Å². The van der Waals surface area contributed by atoms with E-state index in [9.17, 15) is 4.79 Å². The molecule has 0 spiro atoms. The monoisotopic (exact) mass is 259 g/mol. The molecule has 19 heavy (non-hydrogen) atoms. The number of pyridine rings is 1. The summed E-state index contributed by atoms with van der Waals surface area (Å²) in [7, 11) is 0. The average molecular weight is 259 g/mol. The van der Waals surface area contributed by atoms with Gasteiger partial charge in [0.05, 0.1) is 0 Å². The third-order valence-corrected chi connectivity index (χ3v) is 4.34. The summed E-state index contributed by atoms with van der Waals surface area (Å²) in [4.78, 5) is 18.9. The predicted molar refractivity (Wildman–Crippen MR) is 75.1 cm³/mol. The van der Waals surface area contributed by atoms with Gasteiger partial charge in [0.15, 0.2) is 0 Å². The largest absolute Gasteiger partial charge is 0.370 e.